The van der Waals surface area contributed by atoms with Gasteiger partial charge in [-0.1, -0.05) is 23.8 Å². The van der Waals surface area contributed by atoms with E-state index in [0.29, 0.717) is 23.6 Å². The zero-order valence-corrected chi connectivity index (χ0v) is 21.4. The van der Waals surface area contributed by atoms with Crippen LogP contribution in [0.4, 0.5) is 11.5 Å². The second-order valence-corrected chi connectivity index (χ2v) is 9.22. The summed E-state index contributed by atoms with van der Waals surface area (Å²) < 4.78 is 30.1. The zero-order valence-electron chi connectivity index (χ0n) is 19.0. The third-order valence-corrected chi connectivity index (χ3v) is 6.57. The van der Waals surface area contributed by atoms with Gasteiger partial charge in [0, 0.05) is 18.9 Å². The molecule has 4 rings (SSSR count). The number of hydrogen-bond donors (Lipinski definition) is 3. The Labute approximate surface area is 220 Å². The molecule has 2 aromatic rings. The van der Waals surface area contributed by atoms with Gasteiger partial charge in [-0.15, -0.1) is 12.4 Å². The molecule has 1 saturated heterocycles. The summed E-state index contributed by atoms with van der Waals surface area (Å²) >= 11 is 5.83. The summed E-state index contributed by atoms with van der Waals surface area (Å²) in [6.07, 6.45) is 5.26. The summed E-state index contributed by atoms with van der Waals surface area (Å²) in [5, 5.41) is 8.85. The number of nitrogens with one attached hydrogen (secondary N) is 3. The Balaban J connectivity index is 0.00000361. The lowest BCUT2D eigenvalue weighted by Gasteiger charge is -2.27. The molecule has 3 N–H and O–H groups in total. The molecule has 1 fully saturated rings. The summed E-state index contributed by atoms with van der Waals surface area (Å²) in [5.74, 6) is -0.949. The van der Waals surface area contributed by atoms with Crippen molar-refractivity contribution < 1.29 is 22.7 Å². The Kier molecular flexibility index (Phi) is 9.35. The number of carbonyl (C=O) groups excluding carboxylic acids is 2. The minimum absolute atomic E-state index is 0. The van der Waals surface area contributed by atoms with Gasteiger partial charge in [0.1, 0.15) is 16.8 Å². The van der Waals surface area contributed by atoms with Crippen molar-refractivity contribution in [2.75, 3.05) is 23.7 Å². The van der Waals surface area contributed by atoms with Crippen molar-refractivity contribution in [3.63, 3.8) is 0 Å². The number of nitrogens with zero attached hydrogens (tertiary/aromatic N) is 2. The van der Waals surface area contributed by atoms with Crippen molar-refractivity contribution in [3.05, 3.63) is 70.7 Å². The van der Waals surface area contributed by atoms with Crippen LogP contribution in [-0.4, -0.2) is 60.4 Å². The molecular weight excluding hydrogens is 529 g/mol. The van der Waals surface area contributed by atoms with Gasteiger partial charge in [0.25, 0.3) is 11.8 Å². The van der Waals surface area contributed by atoms with Crippen LogP contribution in [0.2, 0.25) is 5.02 Å². The van der Waals surface area contributed by atoms with E-state index in [0.717, 1.165) is 6.54 Å². The maximum atomic E-state index is 13.3. The number of anilines is 2. The van der Waals surface area contributed by atoms with Crippen LogP contribution in [0.15, 0.2) is 60.0 Å². The first kappa shape index (κ1) is 27.5. The van der Waals surface area contributed by atoms with Gasteiger partial charge in [0.2, 0.25) is 10.3 Å². The molecule has 1 aliphatic carbocycles. The number of hydrogen-bond acceptors (Lipinski definition) is 8. The molecule has 13 heteroatoms. The molecule has 2 aliphatic rings. The van der Waals surface area contributed by atoms with E-state index in [1.54, 1.807) is 25.1 Å². The van der Waals surface area contributed by atoms with Crippen LogP contribution < -0.4 is 16.0 Å². The first-order valence-corrected chi connectivity index (χ1v) is 12.2. The Bertz CT molecular complexity index is 1350. The fourth-order valence-corrected chi connectivity index (χ4v) is 4.52. The minimum Gasteiger partial charge on any atom is -0.363 e. The lowest BCUT2D eigenvalue weighted by atomic mass is 9.95. The van der Waals surface area contributed by atoms with E-state index in [9.17, 15) is 18.0 Å². The molecule has 2 amide bonds. The van der Waals surface area contributed by atoms with Crippen LogP contribution in [0.3, 0.4) is 0 Å². The van der Waals surface area contributed by atoms with Gasteiger partial charge < -0.3 is 20.7 Å². The van der Waals surface area contributed by atoms with E-state index in [-0.39, 0.29) is 46.1 Å². The summed E-state index contributed by atoms with van der Waals surface area (Å²) in [6, 6.07) is 6.19. The highest BCUT2D eigenvalue weighted by molar-refractivity contribution is 7.73. The Hall–Kier alpha value is -3.09. The average Bonchev–Trinajstić information content (AvgIpc) is 3.34. The molecule has 0 radical (unpaired) electrons. The van der Waals surface area contributed by atoms with Crippen molar-refractivity contribution in [2.24, 2.45) is 0 Å². The third kappa shape index (κ3) is 6.37. The molecule has 2 aromatic heterocycles. The number of amides is 2. The van der Waals surface area contributed by atoms with Gasteiger partial charge >= 0.3 is 0 Å². The molecule has 3 heterocycles. The quantitative estimate of drug-likeness (QED) is 0.465. The van der Waals surface area contributed by atoms with E-state index in [2.05, 4.69) is 25.9 Å². The molecule has 0 saturated carbocycles. The molecule has 0 bridgehead atoms. The van der Waals surface area contributed by atoms with Gasteiger partial charge in [-0.3, -0.25) is 9.59 Å². The van der Waals surface area contributed by atoms with Crippen molar-refractivity contribution >= 4 is 62.5 Å². The number of rotatable bonds is 6. The first-order chi connectivity index (χ1) is 16.8. The van der Waals surface area contributed by atoms with E-state index in [1.807, 2.05) is 0 Å². The molecular formula is C23H23Cl2N5O5S. The second kappa shape index (κ2) is 12.2. The molecule has 1 unspecified atom stereocenters. The summed E-state index contributed by atoms with van der Waals surface area (Å²) in [7, 11) is -2.59. The number of allylic oxidation sites excluding steroid dienone is 2. The van der Waals surface area contributed by atoms with E-state index in [4.69, 9.17) is 16.3 Å². The van der Waals surface area contributed by atoms with E-state index >= 15 is 0 Å². The van der Waals surface area contributed by atoms with E-state index < -0.39 is 28.2 Å². The highest BCUT2D eigenvalue weighted by Gasteiger charge is 2.34. The molecule has 0 spiro atoms. The molecule has 36 heavy (non-hydrogen) atoms. The van der Waals surface area contributed by atoms with Crippen molar-refractivity contribution in [2.45, 2.75) is 25.6 Å². The fourth-order valence-electron chi connectivity index (χ4n) is 3.72. The maximum absolute atomic E-state index is 13.3. The molecule has 2 atom stereocenters. The maximum Gasteiger partial charge on any atom is 0.277 e. The molecule has 0 aromatic carbocycles. The van der Waals surface area contributed by atoms with Crippen molar-refractivity contribution in [3.8, 4) is 0 Å². The number of aromatic nitrogens is 2. The number of ether oxygens (including phenoxy) is 1. The van der Waals surface area contributed by atoms with E-state index in [1.165, 1.54) is 30.6 Å². The number of pyridine rings is 2. The lowest BCUT2D eigenvalue weighted by molar-refractivity contribution is -0.114. The summed E-state index contributed by atoms with van der Waals surface area (Å²) in [5.41, 5.74) is 0.691. The highest BCUT2D eigenvalue weighted by atomic mass is 35.5. The normalized spacial score (nSPS) is 19.0. The van der Waals surface area contributed by atoms with Crippen molar-refractivity contribution in [1.29, 1.82) is 0 Å². The van der Waals surface area contributed by atoms with Gasteiger partial charge in [-0.2, -0.15) is 8.42 Å². The van der Waals surface area contributed by atoms with Crippen LogP contribution >= 0.6 is 24.0 Å². The van der Waals surface area contributed by atoms with Crippen LogP contribution in [0, 0.1) is 0 Å². The molecule has 1 aliphatic heterocycles. The summed E-state index contributed by atoms with van der Waals surface area (Å²) in [6.45, 7) is 2.94. The molecule has 10 nitrogen and oxygen atoms in total. The standard InChI is InChI=1S/C23H22ClN5O5S.ClH/c1-13-4-6-16(20(21(13)35(32)33)34-15-8-10-25-12-15)22(30)28-17-3-2-9-26-19(17)23(31)29-18-7-5-14(24)11-27-18;/h2-7,9,11,15,20,25H,8,10,12H2,1H3,(H,28,30)(H,27,29,31);1H/t15?,20-;/m1./s1. The largest absolute Gasteiger partial charge is 0.363 e. The highest BCUT2D eigenvalue weighted by Crippen LogP contribution is 2.25. The fraction of sp³-hybridized carbons (Fsp3) is 0.261. The molecule has 190 valence electrons. The monoisotopic (exact) mass is 551 g/mol. The van der Waals surface area contributed by atoms with Gasteiger partial charge in [0.05, 0.1) is 22.4 Å². The van der Waals surface area contributed by atoms with Crippen LogP contribution in [0.5, 0.6) is 0 Å². The smallest absolute Gasteiger partial charge is 0.277 e. The topological polar surface area (TPSA) is 139 Å². The van der Waals surface area contributed by atoms with Gasteiger partial charge in [0.15, 0.2) is 5.69 Å². The predicted octanol–water partition coefficient (Wildman–Crippen LogP) is 2.43. The van der Waals surface area contributed by atoms with Gasteiger partial charge in [-0.25, -0.2) is 9.97 Å². The van der Waals surface area contributed by atoms with Crippen LogP contribution in [0.1, 0.15) is 23.8 Å². The van der Waals surface area contributed by atoms with Crippen molar-refractivity contribution in [1.82, 2.24) is 15.3 Å². The second-order valence-electron chi connectivity index (χ2n) is 7.87. The van der Waals surface area contributed by atoms with Gasteiger partial charge in [-0.05, 0) is 49.7 Å². The minimum atomic E-state index is -2.59. The number of halogens is 2. The summed E-state index contributed by atoms with van der Waals surface area (Å²) in [4.78, 5) is 34.2. The Morgan fingerprint density at radius 3 is 2.61 bits per heavy atom. The van der Waals surface area contributed by atoms with Crippen LogP contribution in [-0.2, 0) is 19.8 Å². The predicted molar refractivity (Wildman–Crippen MR) is 139 cm³/mol. The Morgan fingerprint density at radius 2 is 1.94 bits per heavy atom. The SMILES string of the molecule is CC1=CC=C(C(=O)Nc2cccnc2C(=O)Nc2ccc(Cl)cn2)[C@@H](OC2CCNC2)C1=S(=O)=O.Cl. The van der Waals surface area contributed by atoms with Crippen LogP contribution in [0.25, 0.3) is 0 Å². The number of carbonyl (C=O) groups is 2. The zero-order chi connectivity index (χ0) is 24.9. The third-order valence-electron chi connectivity index (χ3n) is 5.45. The first-order valence-electron chi connectivity index (χ1n) is 10.7. The average molecular weight is 552 g/mol. The lowest BCUT2D eigenvalue weighted by Crippen LogP contribution is -2.39. The Morgan fingerprint density at radius 1 is 1.14 bits per heavy atom.